The van der Waals surface area contributed by atoms with Crippen molar-refractivity contribution in [2.24, 2.45) is 11.7 Å². The van der Waals surface area contributed by atoms with Crippen molar-refractivity contribution in [1.29, 1.82) is 0 Å². The van der Waals surface area contributed by atoms with Crippen LogP contribution in [0.5, 0.6) is 5.75 Å². The monoisotopic (exact) mass is 537 g/mol. The van der Waals surface area contributed by atoms with E-state index < -0.39 is 17.9 Å². The molecule has 210 valence electrons. The van der Waals surface area contributed by atoms with Crippen LogP contribution in [-0.2, 0) is 38.8 Å². The van der Waals surface area contributed by atoms with Crippen molar-refractivity contribution in [2.75, 3.05) is 33.4 Å². The lowest BCUT2D eigenvalue weighted by atomic mass is 9.97. The van der Waals surface area contributed by atoms with Crippen LogP contribution in [-0.4, -0.2) is 67.0 Å². The summed E-state index contributed by atoms with van der Waals surface area (Å²) < 4.78 is 16.4. The number of carbonyl (C=O) groups excluding carboxylic acids is 3. The molecule has 9 heteroatoms. The molecule has 0 saturated carbocycles. The summed E-state index contributed by atoms with van der Waals surface area (Å²) in [6.07, 6.45) is 2.46. The number of likely N-dealkylation sites (tertiary alicyclic amines) is 1. The normalized spacial score (nSPS) is 16.7. The third-order valence-electron chi connectivity index (χ3n) is 7.60. The average molecular weight is 538 g/mol. The van der Waals surface area contributed by atoms with Gasteiger partial charge < -0.3 is 24.8 Å². The van der Waals surface area contributed by atoms with Gasteiger partial charge in [0, 0.05) is 37.3 Å². The fourth-order valence-corrected chi connectivity index (χ4v) is 5.28. The van der Waals surface area contributed by atoms with E-state index in [-0.39, 0.29) is 25.3 Å². The zero-order valence-electron chi connectivity index (χ0n) is 22.9. The van der Waals surface area contributed by atoms with Crippen molar-refractivity contribution < 1.29 is 28.6 Å². The third-order valence-corrected chi connectivity index (χ3v) is 7.60. The summed E-state index contributed by atoms with van der Waals surface area (Å²) in [6, 6.07) is 12.9. The standard InChI is InChI=1S/C30H39N3O6/c1-3-38-19-23-13-15-32(16-14-23)17-21-7-9-22(10-8-21)20-39-27-6-4-5-24-25(27)18-33(30(24)36)26(29(31)35)11-12-28(34)37-2/h4-10,23,26H,3,11-20H2,1-2H3,(H2,31,35). The van der Waals surface area contributed by atoms with E-state index in [1.54, 1.807) is 12.1 Å². The highest BCUT2D eigenvalue weighted by Gasteiger charge is 2.37. The average Bonchev–Trinajstić information content (AvgIpc) is 3.28. The van der Waals surface area contributed by atoms with Crippen LogP contribution in [0.4, 0.5) is 0 Å². The van der Waals surface area contributed by atoms with Crippen LogP contribution in [0.1, 0.15) is 59.7 Å². The van der Waals surface area contributed by atoms with Crippen molar-refractivity contribution >= 4 is 17.8 Å². The van der Waals surface area contributed by atoms with Crippen LogP contribution in [0.3, 0.4) is 0 Å². The summed E-state index contributed by atoms with van der Waals surface area (Å²) in [7, 11) is 1.28. The number of primary amides is 1. The molecule has 2 heterocycles. The predicted octanol–water partition coefficient (Wildman–Crippen LogP) is 3.28. The number of carbonyl (C=O) groups is 3. The highest BCUT2D eigenvalue weighted by Crippen LogP contribution is 2.33. The second-order valence-corrected chi connectivity index (χ2v) is 10.2. The number of ether oxygens (including phenoxy) is 3. The van der Waals surface area contributed by atoms with E-state index in [9.17, 15) is 14.4 Å². The summed E-state index contributed by atoms with van der Waals surface area (Å²) in [6.45, 7) is 7.37. The molecule has 2 aliphatic rings. The van der Waals surface area contributed by atoms with Crippen LogP contribution in [0.15, 0.2) is 42.5 Å². The van der Waals surface area contributed by atoms with Crippen molar-refractivity contribution in [3.63, 3.8) is 0 Å². The molecule has 0 radical (unpaired) electrons. The van der Waals surface area contributed by atoms with Crippen LogP contribution in [0.2, 0.25) is 0 Å². The van der Waals surface area contributed by atoms with Crippen molar-refractivity contribution in [2.45, 2.75) is 58.3 Å². The number of benzene rings is 2. The second kappa shape index (κ2) is 13.6. The smallest absolute Gasteiger partial charge is 0.305 e. The number of nitrogens with zero attached hydrogens (tertiary/aromatic N) is 2. The third kappa shape index (κ3) is 7.36. The maximum Gasteiger partial charge on any atom is 0.305 e. The first kappa shape index (κ1) is 28.6. The molecule has 2 amide bonds. The first-order valence-corrected chi connectivity index (χ1v) is 13.7. The molecule has 2 N–H and O–H groups in total. The molecule has 0 bridgehead atoms. The van der Waals surface area contributed by atoms with E-state index in [0.29, 0.717) is 23.8 Å². The summed E-state index contributed by atoms with van der Waals surface area (Å²) >= 11 is 0. The molecular weight excluding hydrogens is 498 g/mol. The number of methoxy groups -OCH3 is 1. The molecule has 0 spiro atoms. The Morgan fingerprint density at radius 2 is 1.79 bits per heavy atom. The van der Waals surface area contributed by atoms with Gasteiger partial charge in [-0.05, 0) is 68.5 Å². The Morgan fingerprint density at radius 1 is 1.08 bits per heavy atom. The van der Waals surface area contributed by atoms with Crippen LogP contribution in [0, 0.1) is 5.92 Å². The molecule has 4 rings (SSSR count). The quantitative estimate of drug-likeness (QED) is 0.390. The predicted molar refractivity (Wildman–Crippen MR) is 146 cm³/mol. The van der Waals surface area contributed by atoms with Gasteiger partial charge in [-0.2, -0.15) is 0 Å². The number of fused-ring (bicyclic) bond motifs is 1. The van der Waals surface area contributed by atoms with Crippen LogP contribution in [0.25, 0.3) is 0 Å². The van der Waals surface area contributed by atoms with Gasteiger partial charge in [-0.25, -0.2) is 0 Å². The summed E-state index contributed by atoms with van der Waals surface area (Å²) in [5.74, 6) is -0.141. The van der Waals surface area contributed by atoms with Gasteiger partial charge in [0.2, 0.25) is 5.91 Å². The SMILES string of the molecule is CCOCC1CCN(Cc2ccc(COc3cccc4c3CN(C(CCC(=O)OC)C(N)=O)C4=O)cc2)CC1. The number of piperidine rings is 1. The number of nitrogens with two attached hydrogens (primary N) is 1. The van der Waals surface area contributed by atoms with Crippen molar-refractivity contribution in [3.8, 4) is 5.75 Å². The molecule has 1 saturated heterocycles. The maximum absolute atomic E-state index is 13.1. The Balaban J connectivity index is 1.32. The molecule has 1 atom stereocenters. The van der Waals surface area contributed by atoms with Crippen LogP contribution < -0.4 is 10.5 Å². The summed E-state index contributed by atoms with van der Waals surface area (Å²) in [4.78, 5) is 40.7. The fourth-order valence-electron chi connectivity index (χ4n) is 5.28. The lowest BCUT2D eigenvalue weighted by molar-refractivity contribution is -0.141. The van der Waals surface area contributed by atoms with Gasteiger partial charge in [-0.15, -0.1) is 0 Å². The van der Waals surface area contributed by atoms with E-state index in [0.717, 1.165) is 44.0 Å². The number of esters is 1. The van der Waals surface area contributed by atoms with Crippen molar-refractivity contribution in [3.05, 3.63) is 64.7 Å². The maximum atomic E-state index is 13.1. The molecule has 2 aliphatic heterocycles. The highest BCUT2D eigenvalue weighted by atomic mass is 16.5. The van der Waals surface area contributed by atoms with Gasteiger partial charge in [0.1, 0.15) is 18.4 Å². The summed E-state index contributed by atoms with van der Waals surface area (Å²) in [5.41, 5.74) is 9.09. The lowest BCUT2D eigenvalue weighted by Crippen LogP contribution is -2.45. The van der Waals surface area contributed by atoms with E-state index in [1.807, 2.05) is 13.0 Å². The van der Waals surface area contributed by atoms with Crippen molar-refractivity contribution in [1.82, 2.24) is 9.80 Å². The zero-order chi connectivity index (χ0) is 27.8. The second-order valence-electron chi connectivity index (χ2n) is 10.2. The minimum atomic E-state index is -0.903. The van der Waals surface area contributed by atoms with Gasteiger partial charge in [0.25, 0.3) is 5.91 Å². The lowest BCUT2D eigenvalue weighted by Gasteiger charge is -2.31. The molecule has 9 nitrogen and oxygen atoms in total. The molecular formula is C30H39N3O6. The number of hydrogen-bond acceptors (Lipinski definition) is 7. The Hall–Kier alpha value is -3.43. The Kier molecular flexibility index (Phi) is 9.95. The van der Waals surface area contributed by atoms with Gasteiger partial charge >= 0.3 is 5.97 Å². The molecule has 2 aromatic carbocycles. The topological polar surface area (TPSA) is 111 Å². The molecule has 39 heavy (non-hydrogen) atoms. The number of hydrogen-bond donors (Lipinski definition) is 1. The van der Waals surface area contributed by atoms with E-state index in [1.165, 1.54) is 30.4 Å². The Labute approximate surface area is 230 Å². The Bertz CT molecular complexity index is 1140. The number of rotatable bonds is 13. The van der Waals surface area contributed by atoms with Crippen LogP contribution >= 0.6 is 0 Å². The first-order chi connectivity index (χ1) is 18.9. The fraction of sp³-hybridized carbons (Fsp3) is 0.500. The zero-order valence-corrected chi connectivity index (χ0v) is 22.9. The number of amides is 2. The molecule has 1 unspecified atom stereocenters. The largest absolute Gasteiger partial charge is 0.489 e. The highest BCUT2D eigenvalue weighted by molar-refractivity contribution is 6.01. The minimum Gasteiger partial charge on any atom is -0.489 e. The van der Waals surface area contributed by atoms with E-state index >= 15 is 0 Å². The molecule has 0 aliphatic carbocycles. The minimum absolute atomic E-state index is 0.00418. The molecule has 1 fully saturated rings. The van der Waals surface area contributed by atoms with Gasteiger partial charge in [0.05, 0.1) is 13.7 Å². The van der Waals surface area contributed by atoms with Gasteiger partial charge in [-0.3, -0.25) is 19.3 Å². The van der Waals surface area contributed by atoms with E-state index in [4.69, 9.17) is 15.2 Å². The van der Waals surface area contributed by atoms with E-state index in [2.05, 4.69) is 33.9 Å². The first-order valence-electron chi connectivity index (χ1n) is 13.7. The van der Waals surface area contributed by atoms with Gasteiger partial charge in [0.15, 0.2) is 0 Å². The molecule has 2 aromatic rings. The Morgan fingerprint density at radius 3 is 2.46 bits per heavy atom. The molecule has 0 aromatic heterocycles. The summed E-state index contributed by atoms with van der Waals surface area (Å²) in [5, 5.41) is 0. The van der Waals surface area contributed by atoms with Gasteiger partial charge in [-0.1, -0.05) is 30.3 Å².